The second kappa shape index (κ2) is 5.46. The van der Waals surface area contributed by atoms with Crippen molar-refractivity contribution in [3.05, 3.63) is 46.2 Å². The van der Waals surface area contributed by atoms with Crippen molar-refractivity contribution < 1.29 is 0 Å². The Morgan fingerprint density at radius 2 is 1.90 bits per heavy atom. The quantitative estimate of drug-likeness (QED) is 0.770. The van der Waals surface area contributed by atoms with Gasteiger partial charge in [-0.2, -0.15) is 0 Å². The third kappa shape index (κ3) is 2.44. The van der Waals surface area contributed by atoms with E-state index >= 15 is 0 Å². The predicted octanol–water partition coefficient (Wildman–Crippen LogP) is 3.45. The van der Waals surface area contributed by atoms with Crippen LogP contribution in [-0.4, -0.2) is 9.97 Å². The summed E-state index contributed by atoms with van der Waals surface area (Å²) < 4.78 is 0. The van der Waals surface area contributed by atoms with Crippen LogP contribution in [0.1, 0.15) is 17.4 Å². The van der Waals surface area contributed by atoms with E-state index in [9.17, 15) is 0 Å². The van der Waals surface area contributed by atoms with Crippen LogP contribution in [0, 0.1) is 0 Å². The van der Waals surface area contributed by atoms with Gasteiger partial charge in [-0.05, 0) is 35.6 Å². The molecule has 0 aliphatic carbocycles. The lowest BCUT2D eigenvalue weighted by Crippen LogP contribution is -2.06. The van der Waals surface area contributed by atoms with E-state index in [2.05, 4.69) is 33.7 Å². The van der Waals surface area contributed by atoms with Crippen LogP contribution >= 0.6 is 11.3 Å². The van der Waals surface area contributed by atoms with Crippen LogP contribution in [0.5, 0.6) is 0 Å². The molecule has 3 rings (SSSR count). The molecule has 0 saturated heterocycles. The molecule has 3 N–H and O–H groups in total. The minimum Gasteiger partial charge on any atom is -0.381 e. The molecular weight excluding hydrogens is 268 g/mol. The zero-order valence-electron chi connectivity index (χ0n) is 11.3. The first-order chi connectivity index (χ1) is 9.78. The lowest BCUT2D eigenvalue weighted by molar-refractivity contribution is 1.07. The van der Waals surface area contributed by atoms with Crippen LogP contribution in [0.4, 0.5) is 11.6 Å². The average molecular weight is 284 g/mol. The zero-order chi connectivity index (χ0) is 13.9. The molecule has 0 spiro atoms. The molecule has 3 aromatic rings. The molecule has 0 aliphatic rings. The standard InChI is InChI=1S/C15H16N4S/c1-2-10-7-8-20-13(10)9-17-15-14(16)18-11-5-3-4-6-12(11)19-15/h3-8H,2,9H2,1H3,(H2,16,18)(H,17,19). The van der Waals surface area contributed by atoms with E-state index in [1.165, 1.54) is 10.4 Å². The molecule has 5 heteroatoms. The molecule has 2 heterocycles. The number of thiophene rings is 1. The molecule has 0 amide bonds. The highest BCUT2D eigenvalue weighted by Gasteiger charge is 2.07. The van der Waals surface area contributed by atoms with Gasteiger partial charge in [0.15, 0.2) is 11.6 Å². The third-order valence-electron chi connectivity index (χ3n) is 3.23. The van der Waals surface area contributed by atoms with Gasteiger partial charge < -0.3 is 11.1 Å². The SMILES string of the molecule is CCc1ccsc1CNc1nc2ccccc2nc1N. The van der Waals surface area contributed by atoms with Crippen molar-refractivity contribution in [1.29, 1.82) is 0 Å². The minimum atomic E-state index is 0.443. The summed E-state index contributed by atoms with van der Waals surface area (Å²) in [5.74, 6) is 1.09. The molecule has 1 aromatic carbocycles. The second-order valence-corrected chi connectivity index (χ2v) is 5.52. The van der Waals surface area contributed by atoms with Gasteiger partial charge in [-0.15, -0.1) is 11.3 Å². The molecule has 0 bridgehead atoms. The molecule has 102 valence electrons. The van der Waals surface area contributed by atoms with Crippen molar-refractivity contribution in [2.45, 2.75) is 19.9 Å². The van der Waals surface area contributed by atoms with Crippen LogP contribution in [0.15, 0.2) is 35.7 Å². The maximum Gasteiger partial charge on any atom is 0.169 e. The molecule has 20 heavy (non-hydrogen) atoms. The van der Waals surface area contributed by atoms with E-state index in [0.717, 1.165) is 24.0 Å². The number of rotatable bonds is 4. The first-order valence-electron chi connectivity index (χ1n) is 6.59. The molecule has 0 unspecified atom stereocenters. The van der Waals surface area contributed by atoms with E-state index in [4.69, 9.17) is 5.73 Å². The number of aromatic nitrogens is 2. The Morgan fingerprint density at radius 3 is 2.65 bits per heavy atom. The van der Waals surface area contributed by atoms with E-state index in [-0.39, 0.29) is 0 Å². The van der Waals surface area contributed by atoms with Crippen molar-refractivity contribution in [2.75, 3.05) is 11.1 Å². The van der Waals surface area contributed by atoms with Gasteiger partial charge >= 0.3 is 0 Å². The third-order valence-corrected chi connectivity index (χ3v) is 4.20. The van der Waals surface area contributed by atoms with Crippen molar-refractivity contribution in [3.8, 4) is 0 Å². The highest BCUT2D eigenvalue weighted by Crippen LogP contribution is 2.22. The molecule has 0 aliphatic heterocycles. The molecule has 0 saturated carbocycles. The van der Waals surface area contributed by atoms with Crippen LogP contribution in [-0.2, 0) is 13.0 Å². The second-order valence-electron chi connectivity index (χ2n) is 4.52. The lowest BCUT2D eigenvalue weighted by Gasteiger charge is -2.09. The summed E-state index contributed by atoms with van der Waals surface area (Å²) in [4.78, 5) is 10.2. The van der Waals surface area contributed by atoms with Crippen molar-refractivity contribution in [2.24, 2.45) is 0 Å². The summed E-state index contributed by atoms with van der Waals surface area (Å²) in [5, 5.41) is 5.41. The van der Waals surface area contributed by atoms with Crippen LogP contribution in [0.2, 0.25) is 0 Å². The van der Waals surface area contributed by atoms with Crippen molar-refractivity contribution in [3.63, 3.8) is 0 Å². The zero-order valence-corrected chi connectivity index (χ0v) is 12.1. The highest BCUT2D eigenvalue weighted by atomic mass is 32.1. The maximum absolute atomic E-state index is 5.96. The molecular formula is C15H16N4S. The normalized spacial score (nSPS) is 10.8. The van der Waals surface area contributed by atoms with Gasteiger partial charge in [0, 0.05) is 4.88 Å². The Bertz CT molecular complexity index is 736. The van der Waals surface area contributed by atoms with Gasteiger partial charge in [0.05, 0.1) is 17.6 Å². The maximum atomic E-state index is 5.96. The number of anilines is 2. The molecule has 2 aromatic heterocycles. The number of fused-ring (bicyclic) bond motifs is 1. The largest absolute Gasteiger partial charge is 0.381 e. The fourth-order valence-electron chi connectivity index (χ4n) is 2.14. The van der Waals surface area contributed by atoms with E-state index in [0.29, 0.717) is 11.6 Å². The van der Waals surface area contributed by atoms with E-state index in [1.807, 2.05) is 24.3 Å². The number of nitrogen functional groups attached to an aromatic ring is 1. The summed E-state index contributed by atoms with van der Waals surface area (Å²) in [6.07, 6.45) is 1.04. The minimum absolute atomic E-state index is 0.443. The van der Waals surface area contributed by atoms with Crippen LogP contribution in [0.25, 0.3) is 11.0 Å². The van der Waals surface area contributed by atoms with Gasteiger partial charge in [0.2, 0.25) is 0 Å². The summed E-state index contributed by atoms with van der Waals surface area (Å²) >= 11 is 1.75. The van der Waals surface area contributed by atoms with Crippen molar-refractivity contribution >= 4 is 34.0 Å². The first-order valence-corrected chi connectivity index (χ1v) is 7.47. The monoisotopic (exact) mass is 284 g/mol. The molecule has 0 radical (unpaired) electrons. The van der Waals surface area contributed by atoms with Gasteiger partial charge in [-0.1, -0.05) is 19.1 Å². The van der Waals surface area contributed by atoms with Crippen molar-refractivity contribution in [1.82, 2.24) is 9.97 Å². The number of para-hydroxylation sites is 2. The Hall–Kier alpha value is -2.14. The number of benzene rings is 1. The molecule has 4 nitrogen and oxygen atoms in total. The van der Waals surface area contributed by atoms with E-state index < -0.39 is 0 Å². The first kappa shape index (κ1) is 12.9. The summed E-state index contributed by atoms with van der Waals surface area (Å²) in [6, 6.07) is 9.90. The average Bonchev–Trinajstić information content (AvgIpc) is 2.92. The summed E-state index contributed by atoms with van der Waals surface area (Å²) in [6.45, 7) is 2.90. The smallest absolute Gasteiger partial charge is 0.169 e. The van der Waals surface area contributed by atoms with Gasteiger partial charge in [-0.3, -0.25) is 0 Å². The fourth-order valence-corrected chi connectivity index (χ4v) is 3.06. The highest BCUT2D eigenvalue weighted by molar-refractivity contribution is 7.10. The number of nitrogens with one attached hydrogen (secondary N) is 1. The number of nitrogens with two attached hydrogens (primary N) is 1. The number of aryl methyl sites for hydroxylation is 1. The number of nitrogens with zero attached hydrogens (tertiary/aromatic N) is 2. The van der Waals surface area contributed by atoms with Crippen LogP contribution < -0.4 is 11.1 Å². The van der Waals surface area contributed by atoms with Gasteiger partial charge in [0.25, 0.3) is 0 Å². The topological polar surface area (TPSA) is 63.8 Å². The lowest BCUT2D eigenvalue weighted by atomic mass is 10.2. The van der Waals surface area contributed by atoms with Gasteiger partial charge in [-0.25, -0.2) is 9.97 Å². The molecule has 0 atom stereocenters. The Balaban J connectivity index is 1.85. The summed E-state index contributed by atoms with van der Waals surface area (Å²) in [5.41, 5.74) is 9.01. The Morgan fingerprint density at radius 1 is 1.15 bits per heavy atom. The van der Waals surface area contributed by atoms with Gasteiger partial charge in [0.1, 0.15) is 0 Å². The predicted molar refractivity (Wildman–Crippen MR) is 85.0 cm³/mol. The Kier molecular flexibility index (Phi) is 3.52. The number of hydrogen-bond acceptors (Lipinski definition) is 5. The fraction of sp³-hybridized carbons (Fsp3) is 0.200. The van der Waals surface area contributed by atoms with E-state index in [1.54, 1.807) is 11.3 Å². The summed E-state index contributed by atoms with van der Waals surface area (Å²) in [7, 11) is 0. The number of hydrogen-bond donors (Lipinski definition) is 2. The van der Waals surface area contributed by atoms with Crippen LogP contribution in [0.3, 0.4) is 0 Å². The molecule has 0 fully saturated rings. The Labute approximate surface area is 121 Å².